The first-order chi connectivity index (χ1) is 15.8. The Hall–Kier alpha value is -3.50. The van der Waals surface area contributed by atoms with Crippen LogP contribution in [0.5, 0.6) is 11.5 Å². The highest BCUT2D eigenvalue weighted by Crippen LogP contribution is 2.35. The molecule has 172 valence electrons. The van der Waals surface area contributed by atoms with Crippen molar-refractivity contribution in [3.63, 3.8) is 0 Å². The Morgan fingerprint density at radius 3 is 2.52 bits per heavy atom. The number of carbonyl (C=O) groups excluding carboxylic acids is 4. The lowest BCUT2D eigenvalue weighted by Crippen LogP contribution is -2.36. The number of methoxy groups -OCH3 is 3. The molecule has 0 aromatic heterocycles. The lowest BCUT2D eigenvalue weighted by Gasteiger charge is -2.13. The second kappa shape index (κ2) is 10.4. The van der Waals surface area contributed by atoms with Gasteiger partial charge in [0.25, 0.3) is 11.1 Å². The molecule has 33 heavy (non-hydrogen) atoms. The molecule has 0 radical (unpaired) electrons. The summed E-state index contributed by atoms with van der Waals surface area (Å²) in [6.45, 7) is -0.502. The highest BCUT2D eigenvalue weighted by molar-refractivity contribution is 8.18. The van der Waals surface area contributed by atoms with Gasteiger partial charge in [0.2, 0.25) is 5.91 Å². The van der Waals surface area contributed by atoms with Crippen LogP contribution >= 0.6 is 23.4 Å². The molecule has 0 unspecified atom stereocenters. The molecule has 1 aliphatic rings. The van der Waals surface area contributed by atoms with Gasteiger partial charge in [-0.25, -0.2) is 4.79 Å². The van der Waals surface area contributed by atoms with Gasteiger partial charge in [0.1, 0.15) is 18.0 Å². The largest absolute Gasteiger partial charge is 0.497 e. The lowest BCUT2D eigenvalue weighted by atomic mass is 10.1. The molecule has 0 spiro atoms. The summed E-state index contributed by atoms with van der Waals surface area (Å²) in [4.78, 5) is 50.3. The third kappa shape index (κ3) is 5.47. The van der Waals surface area contributed by atoms with Gasteiger partial charge in [-0.05, 0) is 48.2 Å². The third-order valence-corrected chi connectivity index (χ3v) is 5.79. The number of halogens is 1. The minimum atomic E-state index is -0.666. The number of nitrogens with zero attached hydrogens (tertiary/aromatic N) is 1. The maximum absolute atomic E-state index is 12.7. The molecule has 11 heteroatoms. The van der Waals surface area contributed by atoms with Gasteiger partial charge in [-0.2, -0.15) is 0 Å². The highest BCUT2D eigenvalue weighted by atomic mass is 35.5. The summed E-state index contributed by atoms with van der Waals surface area (Å²) in [7, 11) is 4.20. The van der Waals surface area contributed by atoms with Crippen molar-refractivity contribution < 1.29 is 33.4 Å². The van der Waals surface area contributed by atoms with Crippen molar-refractivity contribution >= 4 is 58.1 Å². The summed E-state index contributed by atoms with van der Waals surface area (Å²) < 4.78 is 15.1. The predicted molar refractivity (Wildman–Crippen MR) is 124 cm³/mol. The number of carbonyl (C=O) groups is 4. The number of nitrogens with one attached hydrogen (secondary N) is 1. The van der Waals surface area contributed by atoms with E-state index < -0.39 is 29.6 Å². The maximum atomic E-state index is 12.7. The molecule has 9 nitrogen and oxygen atoms in total. The van der Waals surface area contributed by atoms with E-state index >= 15 is 0 Å². The Morgan fingerprint density at radius 2 is 1.85 bits per heavy atom. The smallest absolute Gasteiger partial charge is 0.339 e. The van der Waals surface area contributed by atoms with E-state index in [1.165, 1.54) is 45.6 Å². The third-order valence-electron chi connectivity index (χ3n) is 4.56. The van der Waals surface area contributed by atoms with Gasteiger partial charge < -0.3 is 19.5 Å². The number of thioether (sulfide) groups is 1. The Labute approximate surface area is 198 Å². The molecule has 0 atom stereocenters. The summed E-state index contributed by atoms with van der Waals surface area (Å²) in [5.41, 5.74) is 0.902. The molecular weight excluding hydrogens is 472 g/mol. The van der Waals surface area contributed by atoms with Gasteiger partial charge in [-0.3, -0.25) is 19.3 Å². The second-order valence-corrected chi connectivity index (χ2v) is 8.01. The van der Waals surface area contributed by atoms with Crippen LogP contribution in [0.4, 0.5) is 10.5 Å². The van der Waals surface area contributed by atoms with Crippen molar-refractivity contribution in [1.29, 1.82) is 0 Å². The molecule has 0 aliphatic carbocycles. The molecular formula is C22H19ClN2O7S. The van der Waals surface area contributed by atoms with E-state index in [4.69, 9.17) is 21.1 Å². The molecule has 3 rings (SSSR count). The van der Waals surface area contributed by atoms with Gasteiger partial charge in [-0.15, -0.1) is 0 Å². The van der Waals surface area contributed by atoms with E-state index in [-0.39, 0.29) is 21.2 Å². The Bertz CT molecular complexity index is 1170. The molecule has 0 bridgehead atoms. The standard InChI is InChI=1S/C22H19ClN2O7S/c1-30-14-6-4-12(17(10-14)31-2)8-18-20(27)25(22(29)33-18)11-19(26)24-13-5-7-16(23)15(9-13)21(28)32-3/h4-10H,11H2,1-3H3,(H,24,26)/b18-8+. The molecule has 1 saturated heterocycles. The van der Waals surface area contributed by atoms with Crippen LogP contribution in [0.1, 0.15) is 15.9 Å². The molecule has 0 saturated carbocycles. The molecule has 1 N–H and O–H groups in total. The van der Waals surface area contributed by atoms with Gasteiger partial charge in [-0.1, -0.05) is 11.6 Å². The summed E-state index contributed by atoms with van der Waals surface area (Å²) in [5, 5.41) is 2.11. The van der Waals surface area contributed by atoms with Crippen molar-refractivity contribution in [3.8, 4) is 11.5 Å². The van der Waals surface area contributed by atoms with Crippen LogP contribution < -0.4 is 14.8 Å². The van der Waals surface area contributed by atoms with E-state index in [1.807, 2.05) is 0 Å². The molecule has 3 amide bonds. The van der Waals surface area contributed by atoms with Crippen molar-refractivity contribution in [2.45, 2.75) is 0 Å². The summed E-state index contributed by atoms with van der Waals surface area (Å²) in [6.07, 6.45) is 1.52. The molecule has 1 fully saturated rings. The van der Waals surface area contributed by atoms with Crippen LogP contribution in [-0.4, -0.2) is 55.8 Å². The number of imide groups is 1. The lowest BCUT2D eigenvalue weighted by molar-refractivity contribution is -0.127. The minimum absolute atomic E-state index is 0.0690. The zero-order chi connectivity index (χ0) is 24.1. The molecule has 2 aromatic rings. The fourth-order valence-corrected chi connectivity index (χ4v) is 3.95. The van der Waals surface area contributed by atoms with Gasteiger partial charge in [0.05, 0.1) is 36.8 Å². The predicted octanol–water partition coefficient (Wildman–Crippen LogP) is 3.82. The normalized spacial score (nSPS) is 14.4. The zero-order valence-electron chi connectivity index (χ0n) is 17.8. The SMILES string of the molecule is COC(=O)c1cc(NC(=O)CN2C(=O)S/C(=C/c3ccc(OC)cc3OC)C2=O)ccc1Cl. The number of anilines is 1. The van der Waals surface area contributed by atoms with Crippen LogP contribution in [0.15, 0.2) is 41.3 Å². The van der Waals surface area contributed by atoms with Crippen LogP contribution in [-0.2, 0) is 14.3 Å². The number of hydrogen-bond acceptors (Lipinski definition) is 8. The van der Waals surface area contributed by atoms with Crippen LogP contribution in [0.3, 0.4) is 0 Å². The zero-order valence-corrected chi connectivity index (χ0v) is 19.4. The van der Waals surface area contributed by atoms with Gasteiger partial charge >= 0.3 is 5.97 Å². The van der Waals surface area contributed by atoms with E-state index in [0.29, 0.717) is 17.1 Å². The monoisotopic (exact) mass is 490 g/mol. The van der Waals surface area contributed by atoms with Crippen molar-refractivity contribution in [2.75, 3.05) is 33.2 Å². The first-order valence-electron chi connectivity index (χ1n) is 9.42. The summed E-state index contributed by atoms with van der Waals surface area (Å²) in [5.74, 6) is -0.862. The fraction of sp³-hybridized carbons (Fsp3) is 0.182. The molecule has 1 aliphatic heterocycles. The van der Waals surface area contributed by atoms with Crippen LogP contribution in [0, 0.1) is 0 Å². The van der Waals surface area contributed by atoms with Gasteiger partial charge in [0, 0.05) is 17.3 Å². The number of benzene rings is 2. The number of rotatable bonds is 7. The van der Waals surface area contributed by atoms with E-state index in [2.05, 4.69) is 10.1 Å². The maximum Gasteiger partial charge on any atom is 0.339 e. The van der Waals surface area contributed by atoms with Crippen molar-refractivity contribution in [3.05, 3.63) is 57.5 Å². The molecule has 2 aromatic carbocycles. The van der Waals surface area contributed by atoms with Gasteiger partial charge in [0.15, 0.2) is 0 Å². The summed E-state index contributed by atoms with van der Waals surface area (Å²) >= 11 is 6.69. The number of ether oxygens (including phenoxy) is 3. The number of esters is 1. The quantitative estimate of drug-likeness (QED) is 0.460. The van der Waals surface area contributed by atoms with Crippen molar-refractivity contribution in [1.82, 2.24) is 4.90 Å². The summed E-state index contributed by atoms with van der Waals surface area (Å²) in [6, 6.07) is 9.29. The minimum Gasteiger partial charge on any atom is -0.497 e. The van der Waals surface area contributed by atoms with Crippen LogP contribution in [0.2, 0.25) is 5.02 Å². The average Bonchev–Trinajstić information content (AvgIpc) is 3.07. The average molecular weight is 491 g/mol. The van der Waals surface area contributed by atoms with E-state index in [0.717, 1.165) is 16.7 Å². The van der Waals surface area contributed by atoms with Crippen LogP contribution in [0.25, 0.3) is 6.08 Å². The first kappa shape index (κ1) is 24.1. The first-order valence-corrected chi connectivity index (χ1v) is 10.6. The molecule has 1 heterocycles. The Morgan fingerprint density at radius 1 is 1.09 bits per heavy atom. The second-order valence-electron chi connectivity index (χ2n) is 6.61. The van der Waals surface area contributed by atoms with E-state index in [9.17, 15) is 19.2 Å². The van der Waals surface area contributed by atoms with E-state index in [1.54, 1.807) is 18.2 Å². The number of amides is 3. The Kier molecular flexibility index (Phi) is 7.62. The van der Waals surface area contributed by atoms with Crippen molar-refractivity contribution in [2.24, 2.45) is 0 Å². The fourth-order valence-electron chi connectivity index (χ4n) is 2.93. The highest BCUT2D eigenvalue weighted by Gasteiger charge is 2.36. The Balaban J connectivity index is 1.73. The number of hydrogen-bond donors (Lipinski definition) is 1. The topological polar surface area (TPSA) is 111 Å².